The van der Waals surface area contributed by atoms with Crippen molar-refractivity contribution >= 4 is 0 Å². The van der Waals surface area contributed by atoms with Crippen LogP contribution in [-0.2, 0) is 16.0 Å². The minimum Gasteiger partial charge on any atom is -0.355 e. The summed E-state index contributed by atoms with van der Waals surface area (Å²) in [6, 6.07) is 0.431. The number of nitrogens with zero attached hydrogens (tertiary/aromatic N) is 2. The molecule has 0 spiro atoms. The van der Waals surface area contributed by atoms with E-state index in [0.29, 0.717) is 12.6 Å². The van der Waals surface area contributed by atoms with Gasteiger partial charge in [-0.3, -0.25) is 0 Å². The van der Waals surface area contributed by atoms with E-state index in [2.05, 4.69) is 28.7 Å². The molecule has 1 N–H and O–H groups in total. The Hall–Kier alpha value is -0.910. The Morgan fingerprint density at radius 1 is 1.38 bits per heavy atom. The molecule has 1 heterocycles. The average Bonchev–Trinajstić information content (AvgIpc) is 2.72. The molecule has 0 saturated carbocycles. The molecule has 1 aromatic heterocycles. The molecule has 1 aromatic rings. The van der Waals surface area contributed by atoms with E-state index in [4.69, 9.17) is 9.47 Å². The topological polar surface area (TPSA) is 48.3 Å². The molecule has 5 nitrogen and oxygen atoms in total. The summed E-state index contributed by atoms with van der Waals surface area (Å²) in [4.78, 5) is 4.14. The van der Waals surface area contributed by atoms with E-state index in [-0.39, 0.29) is 6.29 Å². The van der Waals surface area contributed by atoms with Gasteiger partial charge >= 0.3 is 0 Å². The zero-order chi connectivity index (χ0) is 12.0. The fourth-order valence-corrected chi connectivity index (χ4v) is 1.51. The van der Waals surface area contributed by atoms with Crippen molar-refractivity contribution in [2.45, 2.75) is 32.7 Å². The number of hydrogen-bond donors (Lipinski definition) is 1. The summed E-state index contributed by atoms with van der Waals surface area (Å²) in [6.45, 7) is 5.70. The number of rotatable bonds is 7. The van der Waals surface area contributed by atoms with Gasteiger partial charge in [-0.15, -0.1) is 0 Å². The Bertz CT molecular complexity index is 295. The minimum atomic E-state index is -0.199. The molecule has 0 aliphatic heterocycles. The molecule has 5 heteroatoms. The lowest BCUT2D eigenvalue weighted by Gasteiger charge is -2.15. The second kappa shape index (κ2) is 6.62. The van der Waals surface area contributed by atoms with Crippen LogP contribution < -0.4 is 5.32 Å². The van der Waals surface area contributed by atoms with Crippen molar-refractivity contribution < 1.29 is 9.47 Å². The third-order valence-corrected chi connectivity index (χ3v) is 2.45. The zero-order valence-corrected chi connectivity index (χ0v) is 10.4. The van der Waals surface area contributed by atoms with Crippen molar-refractivity contribution in [3.63, 3.8) is 0 Å². The van der Waals surface area contributed by atoms with Crippen molar-refractivity contribution in [1.82, 2.24) is 14.9 Å². The molecule has 0 saturated heterocycles. The van der Waals surface area contributed by atoms with Gasteiger partial charge in [0.15, 0.2) is 6.29 Å². The van der Waals surface area contributed by atoms with Crippen LogP contribution in [0.3, 0.4) is 0 Å². The van der Waals surface area contributed by atoms with Gasteiger partial charge in [0.1, 0.15) is 0 Å². The smallest absolute Gasteiger partial charge is 0.169 e. The molecule has 0 unspecified atom stereocenters. The first-order valence-electron chi connectivity index (χ1n) is 5.46. The number of nitrogens with one attached hydrogen (secondary N) is 1. The fourth-order valence-electron chi connectivity index (χ4n) is 1.51. The molecule has 0 bridgehead atoms. The second-order valence-electron chi connectivity index (χ2n) is 3.92. The molecule has 92 valence electrons. The van der Waals surface area contributed by atoms with Crippen LogP contribution >= 0.6 is 0 Å². The summed E-state index contributed by atoms with van der Waals surface area (Å²) in [6.07, 6.45) is 3.53. The first-order chi connectivity index (χ1) is 7.69. The van der Waals surface area contributed by atoms with E-state index >= 15 is 0 Å². The number of aromatic nitrogens is 2. The highest BCUT2D eigenvalue weighted by molar-refractivity contribution is 4.99. The first-order valence-corrected chi connectivity index (χ1v) is 5.46. The van der Waals surface area contributed by atoms with E-state index in [9.17, 15) is 0 Å². The summed E-state index contributed by atoms with van der Waals surface area (Å²) >= 11 is 0. The lowest BCUT2D eigenvalue weighted by Crippen LogP contribution is -2.30. The molecular weight excluding hydrogens is 206 g/mol. The average molecular weight is 227 g/mol. The molecule has 0 amide bonds. The van der Waals surface area contributed by atoms with Crippen molar-refractivity contribution in [1.29, 1.82) is 0 Å². The van der Waals surface area contributed by atoms with Gasteiger partial charge in [-0.25, -0.2) is 4.98 Å². The van der Waals surface area contributed by atoms with E-state index in [1.165, 1.54) is 5.69 Å². The SMILES string of the molecule is COC(CNCc1cncn1C(C)C)OC. The van der Waals surface area contributed by atoms with Gasteiger partial charge in [-0.1, -0.05) is 0 Å². The third kappa shape index (κ3) is 3.59. The van der Waals surface area contributed by atoms with Gasteiger partial charge in [0.05, 0.1) is 12.0 Å². The number of ether oxygens (including phenoxy) is 2. The zero-order valence-electron chi connectivity index (χ0n) is 10.4. The maximum Gasteiger partial charge on any atom is 0.169 e. The maximum absolute atomic E-state index is 5.09. The summed E-state index contributed by atoms with van der Waals surface area (Å²) in [5, 5.41) is 3.27. The van der Waals surface area contributed by atoms with Crippen LogP contribution in [0.15, 0.2) is 12.5 Å². The Labute approximate surface area is 96.8 Å². The van der Waals surface area contributed by atoms with Crippen molar-refractivity contribution in [3.8, 4) is 0 Å². The Morgan fingerprint density at radius 2 is 2.06 bits per heavy atom. The second-order valence-corrected chi connectivity index (χ2v) is 3.92. The van der Waals surface area contributed by atoms with Gasteiger partial charge in [0.25, 0.3) is 0 Å². The molecule has 0 aliphatic carbocycles. The van der Waals surface area contributed by atoms with Gasteiger partial charge in [-0.2, -0.15) is 0 Å². The van der Waals surface area contributed by atoms with Crippen LogP contribution in [0.25, 0.3) is 0 Å². The molecule has 0 fully saturated rings. The van der Waals surface area contributed by atoms with Gasteiger partial charge in [0.2, 0.25) is 0 Å². The van der Waals surface area contributed by atoms with Crippen molar-refractivity contribution in [2.24, 2.45) is 0 Å². The lowest BCUT2D eigenvalue weighted by atomic mass is 10.3. The Morgan fingerprint density at radius 3 is 2.62 bits per heavy atom. The fraction of sp³-hybridized carbons (Fsp3) is 0.727. The highest BCUT2D eigenvalue weighted by atomic mass is 16.7. The largest absolute Gasteiger partial charge is 0.355 e. The number of hydrogen-bond acceptors (Lipinski definition) is 4. The van der Waals surface area contributed by atoms with Crippen LogP contribution in [-0.4, -0.2) is 36.6 Å². The van der Waals surface area contributed by atoms with E-state index in [1.807, 2.05) is 12.5 Å². The highest BCUT2D eigenvalue weighted by Gasteiger charge is 2.07. The predicted molar refractivity (Wildman–Crippen MR) is 62.1 cm³/mol. The van der Waals surface area contributed by atoms with Gasteiger partial charge < -0.3 is 19.4 Å². The molecule has 0 aromatic carbocycles. The Balaban J connectivity index is 2.39. The summed E-state index contributed by atoms with van der Waals surface area (Å²) in [7, 11) is 3.27. The molecule has 0 aliphatic rings. The minimum absolute atomic E-state index is 0.199. The standard InChI is InChI=1S/C11H21N3O2/c1-9(2)14-8-13-6-10(14)5-12-7-11(15-3)16-4/h6,8-9,11-12H,5,7H2,1-4H3. The van der Waals surface area contributed by atoms with Crippen LogP contribution in [0.2, 0.25) is 0 Å². The lowest BCUT2D eigenvalue weighted by molar-refractivity contribution is -0.0989. The molecule has 16 heavy (non-hydrogen) atoms. The molecule has 0 atom stereocenters. The van der Waals surface area contributed by atoms with Crippen LogP contribution in [0, 0.1) is 0 Å². The summed E-state index contributed by atoms with van der Waals surface area (Å²) in [5.41, 5.74) is 1.17. The maximum atomic E-state index is 5.09. The number of methoxy groups -OCH3 is 2. The van der Waals surface area contributed by atoms with E-state index < -0.39 is 0 Å². The van der Waals surface area contributed by atoms with Crippen LogP contribution in [0.5, 0.6) is 0 Å². The predicted octanol–water partition coefficient (Wildman–Crippen LogP) is 1.17. The first kappa shape index (κ1) is 13.2. The summed E-state index contributed by atoms with van der Waals surface area (Å²) < 4.78 is 12.3. The van der Waals surface area contributed by atoms with Crippen LogP contribution in [0.1, 0.15) is 25.6 Å². The molecular formula is C11H21N3O2. The number of imidazole rings is 1. The van der Waals surface area contributed by atoms with Crippen LogP contribution in [0.4, 0.5) is 0 Å². The van der Waals surface area contributed by atoms with E-state index in [1.54, 1.807) is 14.2 Å². The molecule has 1 rings (SSSR count). The van der Waals surface area contributed by atoms with Gasteiger partial charge in [0, 0.05) is 39.5 Å². The van der Waals surface area contributed by atoms with Crippen molar-refractivity contribution in [3.05, 3.63) is 18.2 Å². The quantitative estimate of drug-likeness (QED) is 0.710. The van der Waals surface area contributed by atoms with Crippen molar-refractivity contribution in [2.75, 3.05) is 20.8 Å². The van der Waals surface area contributed by atoms with E-state index in [0.717, 1.165) is 6.54 Å². The Kier molecular flexibility index (Phi) is 5.45. The normalized spacial score (nSPS) is 11.6. The van der Waals surface area contributed by atoms with Gasteiger partial charge in [-0.05, 0) is 13.8 Å². The molecule has 0 radical (unpaired) electrons. The third-order valence-electron chi connectivity index (χ3n) is 2.45. The monoisotopic (exact) mass is 227 g/mol. The summed E-state index contributed by atoms with van der Waals surface area (Å²) in [5.74, 6) is 0. The highest BCUT2D eigenvalue weighted by Crippen LogP contribution is 2.08.